The van der Waals surface area contributed by atoms with Crippen LogP contribution in [0.4, 0.5) is 5.69 Å². The van der Waals surface area contributed by atoms with Crippen LogP contribution in [-0.2, 0) is 11.5 Å². The number of aliphatic hydroxyl groups excluding tert-OH is 1. The smallest absolute Gasteiger partial charge is 0.252 e. The normalized spacial score (nSPS) is 14.4. The highest BCUT2D eigenvalue weighted by molar-refractivity contribution is 7.17. The van der Waals surface area contributed by atoms with E-state index in [0.717, 1.165) is 81.6 Å². The molecule has 1 unspecified atom stereocenters. The van der Waals surface area contributed by atoms with E-state index >= 15 is 0 Å². The molecule has 9 heteroatoms. The first kappa shape index (κ1) is 43.2. The van der Waals surface area contributed by atoms with Gasteiger partial charge in [-0.15, -0.1) is 11.3 Å². The van der Waals surface area contributed by atoms with E-state index in [-0.39, 0.29) is 12.3 Å². The van der Waals surface area contributed by atoms with Gasteiger partial charge in [-0.25, -0.2) is 0 Å². The molecule has 1 saturated heterocycles. The lowest BCUT2D eigenvalue weighted by Gasteiger charge is -2.36. The standard InChI is InChI=1S/C46H70N4O4S/c1-3-4-5-6-7-8-9-10-11-12-13-14-15-16-17-18-29-47(2)46(52)54-38-50-43-37-40(26-24-39(43)25-27-45(50)51)53-35-20-19-30-48-31-33-49(34-32-48)42-22-21-23-44-41(42)28-36-55-44/h21-28,36-37,46,52H,3-20,29-35,38H2,1-2H3. The number of fused-ring (bicyclic) bond motifs is 2. The zero-order valence-electron chi connectivity index (χ0n) is 34.1. The Labute approximate surface area is 335 Å². The summed E-state index contributed by atoms with van der Waals surface area (Å²) in [4.78, 5) is 19.8. The molecule has 3 heterocycles. The van der Waals surface area contributed by atoms with Crippen LogP contribution < -0.4 is 15.2 Å². The van der Waals surface area contributed by atoms with Crippen molar-refractivity contribution in [2.24, 2.45) is 0 Å². The molecule has 0 amide bonds. The maximum Gasteiger partial charge on any atom is 0.252 e. The third-order valence-corrected chi connectivity index (χ3v) is 12.3. The zero-order valence-corrected chi connectivity index (χ0v) is 34.9. The van der Waals surface area contributed by atoms with Crippen LogP contribution in [0.2, 0.25) is 0 Å². The molecule has 0 bridgehead atoms. The van der Waals surface area contributed by atoms with Crippen LogP contribution in [0.1, 0.15) is 122 Å². The zero-order chi connectivity index (χ0) is 38.5. The number of pyridine rings is 1. The van der Waals surface area contributed by atoms with Crippen molar-refractivity contribution in [3.8, 4) is 5.75 Å². The summed E-state index contributed by atoms with van der Waals surface area (Å²) in [7, 11) is 1.88. The number of nitrogens with zero attached hydrogens (tertiary/aromatic N) is 4. The molecule has 304 valence electrons. The Morgan fingerprint density at radius 1 is 0.764 bits per heavy atom. The highest BCUT2D eigenvalue weighted by atomic mass is 32.1. The summed E-state index contributed by atoms with van der Waals surface area (Å²) in [6.07, 6.45) is 22.4. The Balaban J connectivity index is 0.921. The fourth-order valence-electron chi connectivity index (χ4n) is 7.87. The summed E-state index contributed by atoms with van der Waals surface area (Å²) in [5.74, 6) is 0.740. The Hall–Kier alpha value is -2.95. The molecule has 55 heavy (non-hydrogen) atoms. The highest BCUT2D eigenvalue weighted by Crippen LogP contribution is 2.31. The van der Waals surface area contributed by atoms with E-state index in [2.05, 4.69) is 46.4 Å². The Bertz CT molecular complexity index is 1700. The van der Waals surface area contributed by atoms with Gasteiger partial charge < -0.3 is 19.5 Å². The summed E-state index contributed by atoms with van der Waals surface area (Å²) in [5, 5.41) is 15.2. The van der Waals surface area contributed by atoms with Gasteiger partial charge in [-0.1, -0.05) is 109 Å². The molecule has 8 nitrogen and oxygen atoms in total. The van der Waals surface area contributed by atoms with Crippen LogP contribution in [0.5, 0.6) is 5.75 Å². The first-order chi connectivity index (χ1) is 27.0. The van der Waals surface area contributed by atoms with Crippen molar-refractivity contribution < 1.29 is 14.6 Å². The number of aliphatic hydroxyl groups is 1. The monoisotopic (exact) mass is 775 g/mol. The highest BCUT2D eigenvalue weighted by Gasteiger charge is 2.19. The number of unbranched alkanes of at least 4 members (excludes halogenated alkanes) is 16. The molecule has 0 saturated carbocycles. The van der Waals surface area contributed by atoms with Gasteiger partial charge >= 0.3 is 0 Å². The lowest BCUT2D eigenvalue weighted by molar-refractivity contribution is -0.203. The van der Waals surface area contributed by atoms with Gasteiger partial charge in [0.1, 0.15) is 12.5 Å². The number of rotatable bonds is 28. The van der Waals surface area contributed by atoms with Crippen molar-refractivity contribution >= 4 is 38.0 Å². The quantitative estimate of drug-likeness (QED) is 0.0455. The molecule has 0 radical (unpaired) electrons. The van der Waals surface area contributed by atoms with Crippen molar-refractivity contribution in [3.63, 3.8) is 0 Å². The Kier molecular flexibility index (Phi) is 19.3. The molecule has 1 aliphatic heterocycles. The van der Waals surface area contributed by atoms with Crippen molar-refractivity contribution in [3.05, 3.63) is 70.3 Å². The number of ether oxygens (including phenoxy) is 2. The van der Waals surface area contributed by atoms with Crippen molar-refractivity contribution in [1.82, 2.24) is 14.4 Å². The van der Waals surface area contributed by atoms with Crippen LogP contribution in [0.25, 0.3) is 21.0 Å². The number of piperazine rings is 1. The van der Waals surface area contributed by atoms with Gasteiger partial charge in [0.05, 0.1) is 12.1 Å². The molecule has 0 aliphatic carbocycles. The third-order valence-electron chi connectivity index (χ3n) is 11.4. The van der Waals surface area contributed by atoms with E-state index in [1.165, 1.54) is 106 Å². The largest absolute Gasteiger partial charge is 0.494 e. The minimum absolute atomic E-state index is 0.0280. The predicted molar refractivity (Wildman–Crippen MR) is 233 cm³/mol. The summed E-state index contributed by atoms with van der Waals surface area (Å²) in [6.45, 7) is 8.98. The number of benzene rings is 2. The Morgan fingerprint density at radius 2 is 1.42 bits per heavy atom. The molecular formula is C46H70N4O4S. The summed E-state index contributed by atoms with van der Waals surface area (Å²) in [5.41, 5.74) is 1.95. The second-order valence-electron chi connectivity index (χ2n) is 15.7. The number of anilines is 1. The lowest BCUT2D eigenvalue weighted by Crippen LogP contribution is -2.46. The summed E-state index contributed by atoms with van der Waals surface area (Å²) >= 11 is 1.81. The van der Waals surface area contributed by atoms with E-state index in [9.17, 15) is 9.90 Å². The molecule has 1 aliphatic rings. The molecule has 2 aromatic carbocycles. The minimum Gasteiger partial charge on any atom is -0.494 e. The average Bonchev–Trinajstić information content (AvgIpc) is 3.70. The first-order valence-corrected chi connectivity index (χ1v) is 22.6. The number of hydrogen-bond acceptors (Lipinski definition) is 8. The van der Waals surface area contributed by atoms with Crippen molar-refractivity contribution in [2.45, 2.75) is 136 Å². The van der Waals surface area contributed by atoms with Gasteiger partial charge in [0.25, 0.3) is 5.56 Å². The van der Waals surface area contributed by atoms with Gasteiger partial charge in [0, 0.05) is 60.6 Å². The van der Waals surface area contributed by atoms with E-state index in [1.807, 2.05) is 47.5 Å². The van der Waals surface area contributed by atoms with Crippen molar-refractivity contribution in [1.29, 1.82) is 0 Å². The van der Waals surface area contributed by atoms with Crippen LogP contribution >= 0.6 is 11.3 Å². The summed E-state index contributed by atoms with van der Waals surface area (Å²) < 4.78 is 14.9. The maximum absolute atomic E-state index is 12.9. The second-order valence-corrected chi connectivity index (χ2v) is 16.7. The third kappa shape index (κ3) is 14.5. The van der Waals surface area contributed by atoms with E-state index in [4.69, 9.17) is 9.47 Å². The van der Waals surface area contributed by atoms with Gasteiger partial charge in [0.2, 0.25) is 6.41 Å². The average molecular weight is 775 g/mol. The molecule has 1 N–H and O–H groups in total. The Morgan fingerprint density at radius 3 is 2.11 bits per heavy atom. The topological polar surface area (TPSA) is 70.4 Å². The fourth-order valence-corrected chi connectivity index (χ4v) is 8.68. The van der Waals surface area contributed by atoms with Crippen LogP contribution in [0, 0.1) is 0 Å². The molecule has 1 fully saturated rings. The molecule has 2 aromatic heterocycles. The van der Waals surface area contributed by atoms with Crippen LogP contribution in [0.3, 0.4) is 0 Å². The number of aromatic nitrogens is 1. The van der Waals surface area contributed by atoms with Gasteiger partial charge in [-0.3, -0.25) is 19.2 Å². The van der Waals surface area contributed by atoms with Gasteiger partial charge in [0.15, 0.2) is 0 Å². The predicted octanol–water partition coefficient (Wildman–Crippen LogP) is 10.6. The molecule has 4 aromatic rings. The molecular weight excluding hydrogens is 705 g/mol. The SMILES string of the molecule is CCCCCCCCCCCCCCCCCCN(C)C(O)OCn1c(=O)ccc2ccc(OCCCCN3CCN(c4cccc5sccc45)CC3)cc21. The van der Waals surface area contributed by atoms with E-state index in [0.29, 0.717) is 6.61 Å². The van der Waals surface area contributed by atoms with Crippen molar-refractivity contribution in [2.75, 3.05) is 57.8 Å². The first-order valence-electron chi connectivity index (χ1n) is 21.7. The minimum atomic E-state index is -1.07. The van der Waals surface area contributed by atoms with E-state index < -0.39 is 6.41 Å². The lowest BCUT2D eigenvalue weighted by atomic mass is 10.0. The fraction of sp³-hybridized carbons (Fsp3) is 0.630. The summed E-state index contributed by atoms with van der Waals surface area (Å²) in [6, 6.07) is 18.1. The second kappa shape index (κ2) is 24.6. The molecule has 5 rings (SSSR count). The van der Waals surface area contributed by atoms with Crippen LogP contribution in [0.15, 0.2) is 64.8 Å². The van der Waals surface area contributed by atoms with Crippen LogP contribution in [-0.4, -0.2) is 78.8 Å². The number of hydrogen-bond donors (Lipinski definition) is 1. The number of thiophene rings is 1. The molecule has 0 spiro atoms. The maximum atomic E-state index is 12.9. The van der Waals surface area contributed by atoms with Gasteiger partial charge in [-0.05, 0) is 80.0 Å². The van der Waals surface area contributed by atoms with E-state index in [1.54, 1.807) is 10.6 Å². The van der Waals surface area contributed by atoms with Gasteiger partial charge in [-0.2, -0.15) is 0 Å². The molecule has 1 atom stereocenters.